The van der Waals surface area contributed by atoms with Crippen LogP contribution in [0.25, 0.3) is 0 Å². The van der Waals surface area contributed by atoms with E-state index in [1.54, 1.807) is 0 Å². The number of carbonyl (C=O) groups is 1. The maximum atomic E-state index is 12.4. The van der Waals surface area contributed by atoms with Crippen molar-refractivity contribution in [2.24, 2.45) is 5.92 Å². The Bertz CT molecular complexity index is 731. The van der Waals surface area contributed by atoms with Gasteiger partial charge >= 0.3 is 0 Å². The number of fused-ring (bicyclic) bond motifs is 1. The number of likely N-dealkylation sites (tertiary alicyclic amines) is 1. The molecule has 0 unspecified atom stereocenters. The second kappa shape index (κ2) is 5.45. The van der Waals surface area contributed by atoms with E-state index >= 15 is 0 Å². The summed E-state index contributed by atoms with van der Waals surface area (Å²) < 4.78 is 0. The molecule has 136 valence electrons. The van der Waals surface area contributed by atoms with Gasteiger partial charge in [0.05, 0.1) is 5.60 Å². The van der Waals surface area contributed by atoms with E-state index < -0.39 is 11.0 Å². The molecule has 1 saturated carbocycles. The van der Waals surface area contributed by atoms with E-state index in [9.17, 15) is 20.1 Å². The van der Waals surface area contributed by atoms with Crippen LogP contribution in [-0.4, -0.2) is 50.7 Å². The Labute approximate surface area is 148 Å². The molecule has 5 nitrogen and oxygen atoms in total. The molecule has 25 heavy (non-hydrogen) atoms. The summed E-state index contributed by atoms with van der Waals surface area (Å²) in [5.41, 5.74) is -0.250. The second-order valence-corrected chi connectivity index (χ2v) is 8.55. The molecule has 2 fully saturated rings. The van der Waals surface area contributed by atoms with Crippen LogP contribution in [0.15, 0.2) is 12.1 Å². The van der Waals surface area contributed by atoms with Gasteiger partial charge in [0.2, 0.25) is 0 Å². The highest BCUT2D eigenvalue weighted by molar-refractivity contribution is 5.83. The zero-order valence-corrected chi connectivity index (χ0v) is 15.0. The minimum Gasteiger partial charge on any atom is -0.504 e. The number of hydrogen-bond acceptors (Lipinski definition) is 5. The lowest BCUT2D eigenvalue weighted by Gasteiger charge is -2.63. The summed E-state index contributed by atoms with van der Waals surface area (Å²) in [6, 6.07) is 3.31. The zero-order chi connectivity index (χ0) is 18.0. The molecule has 0 radical (unpaired) electrons. The van der Waals surface area contributed by atoms with Gasteiger partial charge in [-0.2, -0.15) is 0 Å². The summed E-state index contributed by atoms with van der Waals surface area (Å²) in [7, 11) is 0. The minimum atomic E-state index is -1.04. The quantitative estimate of drug-likeness (QED) is 0.715. The van der Waals surface area contributed by atoms with Gasteiger partial charge in [0.25, 0.3) is 0 Å². The number of benzene rings is 1. The summed E-state index contributed by atoms with van der Waals surface area (Å²) in [4.78, 5) is 14.7. The van der Waals surface area contributed by atoms with E-state index in [0.29, 0.717) is 37.2 Å². The fourth-order valence-corrected chi connectivity index (χ4v) is 5.68. The SMILES string of the molecule is CC(C)CN1CC[C@]23CC(=O)CC[C@@]2(O)[C@H]1Cc1ccc(O)c(O)c13. The number of piperidine rings is 1. The highest BCUT2D eigenvalue weighted by Gasteiger charge is 2.65. The number of carbonyl (C=O) groups excluding carboxylic acids is 1. The molecule has 1 aromatic carbocycles. The minimum absolute atomic E-state index is 0.0480. The highest BCUT2D eigenvalue weighted by atomic mass is 16.3. The molecule has 2 aliphatic carbocycles. The summed E-state index contributed by atoms with van der Waals surface area (Å²) in [5, 5.41) is 32.5. The van der Waals surface area contributed by atoms with Crippen molar-refractivity contribution < 1.29 is 20.1 Å². The van der Waals surface area contributed by atoms with Crippen molar-refractivity contribution in [1.29, 1.82) is 0 Å². The summed E-state index contributed by atoms with van der Waals surface area (Å²) in [6.07, 6.45) is 2.34. The van der Waals surface area contributed by atoms with Crippen LogP contribution in [0, 0.1) is 5.92 Å². The van der Waals surface area contributed by atoms with E-state index in [1.807, 2.05) is 6.07 Å². The van der Waals surface area contributed by atoms with Crippen LogP contribution in [0.2, 0.25) is 0 Å². The number of aliphatic hydroxyl groups is 1. The van der Waals surface area contributed by atoms with Crippen LogP contribution >= 0.6 is 0 Å². The number of phenolic OH excluding ortho intramolecular Hbond substituents is 2. The Morgan fingerprint density at radius 1 is 1.28 bits per heavy atom. The monoisotopic (exact) mass is 345 g/mol. The van der Waals surface area contributed by atoms with Crippen molar-refractivity contribution in [3.8, 4) is 11.5 Å². The van der Waals surface area contributed by atoms with Gasteiger partial charge in [-0.05, 0) is 43.4 Å². The average Bonchev–Trinajstić information content (AvgIpc) is 2.53. The van der Waals surface area contributed by atoms with Crippen molar-refractivity contribution in [2.45, 2.75) is 63.0 Å². The maximum absolute atomic E-state index is 12.4. The Balaban J connectivity index is 1.91. The third-order valence-electron chi connectivity index (χ3n) is 6.66. The normalized spacial score (nSPS) is 34.7. The molecule has 5 heteroatoms. The first-order valence-corrected chi connectivity index (χ1v) is 9.31. The van der Waals surface area contributed by atoms with E-state index in [4.69, 9.17) is 0 Å². The molecule has 1 aromatic rings. The number of aromatic hydroxyl groups is 2. The molecule has 1 heterocycles. The van der Waals surface area contributed by atoms with Gasteiger partial charge in [-0.3, -0.25) is 9.69 Å². The van der Waals surface area contributed by atoms with Crippen LogP contribution in [0.5, 0.6) is 11.5 Å². The average molecular weight is 345 g/mol. The predicted molar refractivity (Wildman–Crippen MR) is 93.8 cm³/mol. The van der Waals surface area contributed by atoms with Gasteiger partial charge in [-0.15, -0.1) is 0 Å². The second-order valence-electron chi connectivity index (χ2n) is 8.55. The molecule has 1 aliphatic heterocycles. The van der Waals surface area contributed by atoms with Gasteiger partial charge < -0.3 is 15.3 Å². The van der Waals surface area contributed by atoms with Crippen molar-refractivity contribution in [1.82, 2.24) is 4.90 Å². The molecular formula is C20H27NO4. The van der Waals surface area contributed by atoms with Crippen LogP contribution in [-0.2, 0) is 16.6 Å². The van der Waals surface area contributed by atoms with E-state index in [-0.39, 0.29) is 29.7 Å². The lowest BCUT2D eigenvalue weighted by atomic mass is 9.49. The van der Waals surface area contributed by atoms with E-state index in [0.717, 1.165) is 18.7 Å². The Hall–Kier alpha value is -1.59. The fourth-order valence-electron chi connectivity index (χ4n) is 5.68. The predicted octanol–water partition coefficient (Wildman–Crippen LogP) is 2.11. The number of ketones is 1. The topological polar surface area (TPSA) is 81.0 Å². The van der Waals surface area contributed by atoms with Crippen LogP contribution in [0.1, 0.15) is 50.7 Å². The molecule has 3 atom stereocenters. The van der Waals surface area contributed by atoms with Gasteiger partial charge in [0, 0.05) is 36.4 Å². The summed E-state index contributed by atoms with van der Waals surface area (Å²) >= 11 is 0. The summed E-state index contributed by atoms with van der Waals surface area (Å²) in [6.45, 7) is 6.07. The van der Waals surface area contributed by atoms with Gasteiger partial charge in [0.15, 0.2) is 11.5 Å². The van der Waals surface area contributed by atoms with Crippen molar-refractivity contribution in [3.63, 3.8) is 0 Å². The Morgan fingerprint density at radius 2 is 2.04 bits per heavy atom. The van der Waals surface area contributed by atoms with Crippen LogP contribution in [0.3, 0.4) is 0 Å². The first-order valence-electron chi connectivity index (χ1n) is 9.31. The molecule has 0 spiro atoms. The molecule has 3 N–H and O–H groups in total. The smallest absolute Gasteiger partial charge is 0.161 e. The third-order valence-corrected chi connectivity index (χ3v) is 6.66. The number of nitrogens with zero attached hydrogens (tertiary/aromatic N) is 1. The van der Waals surface area contributed by atoms with E-state index in [2.05, 4.69) is 18.7 Å². The van der Waals surface area contributed by atoms with Crippen molar-refractivity contribution in [3.05, 3.63) is 23.3 Å². The highest BCUT2D eigenvalue weighted by Crippen LogP contribution is 2.60. The van der Waals surface area contributed by atoms with Crippen LogP contribution < -0.4 is 0 Å². The number of rotatable bonds is 2. The zero-order valence-electron chi connectivity index (χ0n) is 15.0. The standard InChI is InChI=1S/C20H27NO4/c1-12(2)11-21-8-7-19-10-14(22)5-6-20(19,25)16(21)9-13-3-4-15(23)18(24)17(13)19/h3-4,12,16,23-25H,5-11H2,1-2H3/t16-,19-,20-/m1/s1. The maximum Gasteiger partial charge on any atom is 0.161 e. The van der Waals surface area contributed by atoms with E-state index in [1.165, 1.54) is 6.07 Å². The largest absolute Gasteiger partial charge is 0.504 e. The Kier molecular flexibility index (Phi) is 3.68. The lowest BCUT2D eigenvalue weighted by Crippen LogP contribution is -2.73. The number of hydrogen-bond donors (Lipinski definition) is 3. The molecule has 2 bridgehead atoms. The summed E-state index contributed by atoms with van der Waals surface area (Å²) in [5.74, 6) is 0.310. The van der Waals surface area contributed by atoms with Crippen molar-refractivity contribution >= 4 is 5.78 Å². The Morgan fingerprint density at radius 3 is 2.76 bits per heavy atom. The van der Waals surface area contributed by atoms with Crippen LogP contribution in [0.4, 0.5) is 0 Å². The number of phenols is 2. The molecular weight excluding hydrogens is 318 g/mol. The number of Topliss-reactive ketones (excluding diaryl/α,β-unsaturated/α-hetero) is 1. The molecule has 4 rings (SSSR count). The van der Waals surface area contributed by atoms with Gasteiger partial charge in [-0.1, -0.05) is 19.9 Å². The third kappa shape index (κ3) is 2.18. The van der Waals surface area contributed by atoms with Gasteiger partial charge in [0.1, 0.15) is 5.78 Å². The molecule has 0 aromatic heterocycles. The lowest BCUT2D eigenvalue weighted by molar-refractivity contribution is -0.174. The first-order chi connectivity index (χ1) is 11.8. The first kappa shape index (κ1) is 16.9. The van der Waals surface area contributed by atoms with Crippen molar-refractivity contribution in [2.75, 3.05) is 13.1 Å². The fraction of sp³-hybridized carbons (Fsp3) is 0.650. The van der Waals surface area contributed by atoms with Gasteiger partial charge in [-0.25, -0.2) is 0 Å². The molecule has 3 aliphatic rings. The molecule has 0 amide bonds. The molecule has 1 saturated heterocycles.